The summed E-state index contributed by atoms with van der Waals surface area (Å²) in [6.45, 7) is 5.73. The molecule has 0 spiro atoms. The first-order chi connectivity index (χ1) is 7.35. The summed E-state index contributed by atoms with van der Waals surface area (Å²) in [5.74, 6) is 0.0390. The Morgan fingerprint density at radius 2 is 1.75 bits per heavy atom. The van der Waals surface area contributed by atoms with Crippen LogP contribution in [0.5, 0.6) is 0 Å². The van der Waals surface area contributed by atoms with Crippen LogP contribution < -0.4 is 4.72 Å². The second kappa shape index (κ2) is 4.97. The lowest BCUT2D eigenvalue weighted by molar-refractivity contribution is 0.439. The lowest BCUT2D eigenvalue weighted by atomic mass is 10.0. The Labute approximate surface area is 97.9 Å². The summed E-state index contributed by atoms with van der Waals surface area (Å²) in [6, 6.07) is 9.20. The molecule has 16 heavy (non-hydrogen) atoms. The molecule has 90 valence electrons. The summed E-state index contributed by atoms with van der Waals surface area (Å²) in [7, 11) is -3.25. The van der Waals surface area contributed by atoms with Crippen LogP contribution >= 0.6 is 0 Å². The average molecular weight is 241 g/mol. The SMILES string of the molecule is CCC(C)(C)NS(=O)(=O)Cc1ccccc1. The van der Waals surface area contributed by atoms with Crippen molar-refractivity contribution in [2.24, 2.45) is 0 Å². The molecule has 1 rings (SSSR count). The molecular weight excluding hydrogens is 222 g/mol. The number of hydrogen-bond acceptors (Lipinski definition) is 2. The van der Waals surface area contributed by atoms with Crippen molar-refractivity contribution in [1.29, 1.82) is 0 Å². The maximum atomic E-state index is 11.9. The highest BCUT2D eigenvalue weighted by Crippen LogP contribution is 2.12. The number of rotatable bonds is 5. The molecule has 4 heteroatoms. The van der Waals surface area contributed by atoms with E-state index in [0.717, 1.165) is 12.0 Å². The zero-order valence-electron chi connectivity index (χ0n) is 10.0. The summed E-state index contributed by atoms with van der Waals surface area (Å²) in [5.41, 5.74) is 0.426. The zero-order valence-corrected chi connectivity index (χ0v) is 10.8. The van der Waals surface area contributed by atoms with Crippen LogP contribution in [0.15, 0.2) is 30.3 Å². The zero-order chi connectivity index (χ0) is 12.2. The van der Waals surface area contributed by atoms with E-state index in [0.29, 0.717) is 0 Å². The van der Waals surface area contributed by atoms with Gasteiger partial charge >= 0.3 is 0 Å². The fourth-order valence-electron chi connectivity index (χ4n) is 1.32. The molecular formula is C12H19NO2S. The number of hydrogen-bond donors (Lipinski definition) is 1. The van der Waals surface area contributed by atoms with Gasteiger partial charge in [0.2, 0.25) is 10.0 Å². The molecule has 1 aromatic carbocycles. The minimum atomic E-state index is -3.25. The molecule has 0 aliphatic carbocycles. The van der Waals surface area contributed by atoms with E-state index in [2.05, 4.69) is 4.72 Å². The normalized spacial score (nSPS) is 12.7. The third-order valence-electron chi connectivity index (χ3n) is 2.52. The van der Waals surface area contributed by atoms with Crippen LogP contribution in [-0.4, -0.2) is 14.0 Å². The van der Waals surface area contributed by atoms with Crippen molar-refractivity contribution < 1.29 is 8.42 Å². The first-order valence-electron chi connectivity index (χ1n) is 5.40. The summed E-state index contributed by atoms with van der Waals surface area (Å²) in [4.78, 5) is 0. The molecule has 0 bridgehead atoms. The Bertz CT molecular complexity index is 424. The second-order valence-corrected chi connectivity index (χ2v) is 6.31. The van der Waals surface area contributed by atoms with E-state index in [1.165, 1.54) is 0 Å². The number of nitrogens with one attached hydrogen (secondary N) is 1. The molecule has 1 N–H and O–H groups in total. The quantitative estimate of drug-likeness (QED) is 0.859. The minimum absolute atomic E-state index is 0.0390. The van der Waals surface area contributed by atoms with Crippen LogP contribution in [0.25, 0.3) is 0 Å². The van der Waals surface area contributed by atoms with Gasteiger partial charge in [0.15, 0.2) is 0 Å². The predicted octanol–water partition coefficient (Wildman–Crippen LogP) is 2.29. The van der Waals surface area contributed by atoms with Crippen LogP contribution in [0.2, 0.25) is 0 Å². The Morgan fingerprint density at radius 3 is 2.25 bits per heavy atom. The van der Waals surface area contributed by atoms with Gasteiger partial charge in [0.1, 0.15) is 0 Å². The van der Waals surface area contributed by atoms with E-state index < -0.39 is 10.0 Å². The molecule has 0 saturated heterocycles. The number of benzene rings is 1. The molecule has 0 aliphatic heterocycles. The monoisotopic (exact) mass is 241 g/mol. The van der Waals surface area contributed by atoms with E-state index >= 15 is 0 Å². The first-order valence-corrected chi connectivity index (χ1v) is 7.05. The summed E-state index contributed by atoms with van der Waals surface area (Å²) in [5, 5.41) is 0. The van der Waals surface area contributed by atoms with Crippen LogP contribution in [0.1, 0.15) is 32.8 Å². The fourth-order valence-corrected chi connectivity index (χ4v) is 3.01. The Morgan fingerprint density at radius 1 is 1.19 bits per heavy atom. The van der Waals surface area contributed by atoms with Gasteiger partial charge in [0.05, 0.1) is 5.75 Å². The maximum absolute atomic E-state index is 11.9. The van der Waals surface area contributed by atoms with E-state index in [-0.39, 0.29) is 11.3 Å². The molecule has 0 saturated carbocycles. The van der Waals surface area contributed by atoms with Crippen molar-refractivity contribution in [3.8, 4) is 0 Å². The van der Waals surface area contributed by atoms with E-state index in [1.807, 2.05) is 51.1 Å². The average Bonchev–Trinajstić information content (AvgIpc) is 2.17. The minimum Gasteiger partial charge on any atom is -0.212 e. The lowest BCUT2D eigenvalue weighted by Gasteiger charge is -2.24. The van der Waals surface area contributed by atoms with Gasteiger partial charge in [-0.2, -0.15) is 0 Å². The van der Waals surface area contributed by atoms with Crippen LogP contribution in [0.4, 0.5) is 0 Å². The molecule has 3 nitrogen and oxygen atoms in total. The van der Waals surface area contributed by atoms with Crippen molar-refractivity contribution in [1.82, 2.24) is 4.72 Å². The highest BCUT2D eigenvalue weighted by molar-refractivity contribution is 7.88. The van der Waals surface area contributed by atoms with E-state index in [4.69, 9.17) is 0 Å². The number of sulfonamides is 1. The largest absolute Gasteiger partial charge is 0.216 e. The molecule has 0 heterocycles. The molecule has 1 aromatic rings. The molecule has 0 atom stereocenters. The van der Waals surface area contributed by atoms with Crippen molar-refractivity contribution >= 4 is 10.0 Å². The van der Waals surface area contributed by atoms with Gasteiger partial charge in [-0.05, 0) is 25.8 Å². The van der Waals surface area contributed by atoms with E-state index in [9.17, 15) is 8.42 Å². The summed E-state index contributed by atoms with van der Waals surface area (Å²) < 4.78 is 26.4. The molecule has 0 fully saturated rings. The summed E-state index contributed by atoms with van der Waals surface area (Å²) >= 11 is 0. The van der Waals surface area contributed by atoms with Crippen LogP contribution in [-0.2, 0) is 15.8 Å². The molecule has 0 unspecified atom stereocenters. The van der Waals surface area contributed by atoms with Crippen molar-refractivity contribution in [3.63, 3.8) is 0 Å². The summed E-state index contributed by atoms with van der Waals surface area (Å²) in [6.07, 6.45) is 0.765. The van der Waals surface area contributed by atoms with Gasteiger partial charge in [0.25, 0.3) is 0 Å². The Kier molecular flexibility index (Phi) is 4.10. The third kappa shape index (κ3) is 4.33. The standard InChI is InChI=1S/C12H19NO2S/c1-4-12(2,3)13-16(14,15)10-11-8-6-5-7-9-11/h5-9,13H,4,10H2,1-3H3. The predicted molar refractivity (Wildman–Crippen MR) is 66.6 cm³/mol. The van der Waals surface area contributed by atoms with Crippen molar-refractivity contribution in [3.05, 3.63) is 35.9 Å². The Balaban J connectivity index is 2.74. The van der Waals surface area contributed by atoms with Gasteiger partial charge in [-0.25, -0.2) is 13.1 Å². The molecule has 0 aliphatic rings. The first kappa shape index (κ1) is 13.2. The van der Waals surface area contributed by atoms with Gasteiger partial charge in [-0.1, -0.05) is 37.3 Å². The molecule has 0 amide bonds. The van der Waals surface area contributed by atoms with Gasteiger partial charge < -0.3 is 0 Å². The molecule has 0 aromatic heterocycles. The topological polar surface area (TPSA) is 46.2 Å². The van der Waals surface area contributed by atoms with Gasteiger partial charge in [0, 0.05) is 5.54 Å². The highest BCUT2D eigenvalue weighted by atomic mass is 32.2. The van der Waals surface area contributed by atoms with Gasteiger partial charge in [-0.3, -0.25) is 0 Å². The maximum Gasteiger partial charge on any atom is 0.216 e. The highest BCUT2D eigenvalue weighted by Gasteiger charge is 2.22. The third-order valence-corrected chi connectivity index (χ3v) is 4.09. The molecule has 0 radical (unpaired) electrons. The second-order valence-electron chi connectivity index (χ2n) is 4.58. The van der Waals surface area contributed by atoms with Crippen LogP contribution in [0.3, 0.4) is 0 Å². The van der Waals surface area contributed by atoms with E-state index in [1.54, 1.807) is 0 Å². The Hall–Kier alpha value is -0.870. The van der Waals surface area contributed by atoms with Crippen molar-refractivity contribution in [2.45, 2.75) is 38.5 Å². The smallest absolute Gasteiger partial charge is 0.212 e. The van der Waals surface area contributed by atoms with Crippen molar-refractivity contribution in [2.75, 3.05) is 0 Å². The van der Waals surface area contributed by atoms with Gasteiger partial charge in [-0.15, -0.1) is 0 Å². The fraction of sp³-hybridized carbons (Fsp3) is 0.500. The lowest BCUT2D eigenvalue weighted by Crippen LogP contribution is -2.43. The van der Waals surface area contributed by atoms with Crippen LogP contribution in [0, 0.1) is 0 Å².